The molecular weight excluding hydrogens is 228 g/mol. The van der Waals surface area contributed by atoms with Gasteiger partial charge in [0.05, 0.1) is 0 Å². The van der Waals surface area contributed by atoms with Gasteiger partial charge in [-0.2, -0.15) is 0 Å². The molecule has 4 heteroatoms. The van der Waals surface area contributed by atoms with Crippen molar-refractivity contribution in [2.45, 2.75) is 0 Å². The summed E-state index contributed by atoms with van der Waals surface area (Å²) >= 11 is 0. The maximum absolute atomic E-state index is 11.8. The van der Waals surface area contributed by atoms with Crippen molar-refractivity contribution in [2.24, 2.45) is 0 Å². The molecule has 0 spiro atoms. The Morgan fingerprint density at radius 1 is 1.11 bits per heavy atom. The number of aromatic amines is 1. The van der Waals surface area contributed by atoms with Gasteiger partial charge in [0.1, 0.15) is 0 Å². The standard InChI is InChI=1S/C14H14N2O2/c1-16(2)14(18)11-6-3-5-10(9-11)12-7-4-8-13(17)15-12/h3-9H,1-2H3,(H,15,17). The molecule has 2 rings (SSSR count). The monoisotopic (exact) mass is 242 g/mol. The number of amides is 1. The molecule has 0 bridgehead atoms. The molecule has 0 radical (unpaired) electrons. The highest BCUT2D eigenvalue weighted by Gasteiger charge is 2.08. The number of carbonyl (C=O) groups is 1. The van der Waals surface area contributed by atoms with Crippen LogP contribution in [0.3, 0.4) is 0 Å². The van der Waals surface area contributed by atoms with Gasteiger partial charge in [-0.05, 0) is 23.8 Å². The van der Waals surface area contributed by atoms with Crippen LogP contribution in [0.2, 0.25) is 0 Å². The number of aromatic nitrogens is 1. The predicted octanol–water partition coefficient (Wildman–Crippen LogP) is 1.74. The van der Waals surface area contributed by atoms with Crippen molar-refractivity contribution in [1.29, 1.82) is 0 Å². The molecule has 1 aromatic carbocycles. The fourth-order valence-electron chi connectivity index (χ4n) is 1.69. The summed E-state index contributed by atoms with van der Waals surface area (Å²) in [6, 6.07) is 12.1. The van der Waals surface area contributed by atoms with Crippen LogP contribution in [0.25, 0.3) is 11.3 Å². The van der Waals surface area contributed by atoms with E-state index in [1.807, 2.05) is 6.07 Å². The molecule has 0 saturated carbocycles. The Kier molecular flexibility index (Phi) is 3.28. The Labute approximate surface area is 105 Å². The first-order valence-electron chi connectivity index (χ1n) is 5.59. The van der Waals surface area contributed by atoms with Crippen LogP contribution >= 0.6 is 0 Å². The smallest absolute Gasteiger partial charge is 0.253 e. The number of carbonyl (C=O) groups excluding carboxylic acids is 1. The first kappa shape index (κ1) is 12.1. The molecule has 4 nitrogen and oxygen atoms in total. The van der Waals surface area contributed by atoms with Crippen LogP contribution in [0.15, 0.2) is 47.3 Å². The van der Waals surface area contributed by atoms with Crippen molar-refractivity contribution in [2.75, 3.05) is 14.1 Å². The lowest BCUT2D eigenvalue weighted by molar-refractivity contribution is 0.0827. The van der Waals surface area contributed by atoms with E-state index in [1.165, 1.54) is 11.0 Å². The van der Waals surface area contributed by atoms with E-state index in [9.17, 15) is 9.59 Å². The van der Waals surface area contributed by atoms with Gasteiger partial charge in [-0.3, -0.25) is 9.59 Å². The summed E-state index contributed by atoms with van der Waals surface area (Å²) in [6.07, 6.45) is 0. The highest BCUT2D eigenvalue weighted by molar-refractivity contribution is 5.95. The number of pyridine rings is 1. The van der Waals surface area contributed by atoms with Gasteiger partial charge in [-0.15, -0.1) is 0 Å². The van der Waals surface area contributed by atoms with Crippen LogP contribution in [-0.2, 0) is 0 Å². The van der Waals surface area contributed by atoms with Crippen LogP contribution < -0.4 is 5.56 Å². The van der Waals surface area contributed by atoms with E-state index in [0.29, 0.717) is 11.3 Å². The largest absolute Gasteiger partial charge is 0.345 e. The quantitative estimate of drug-likeness (QED) is 0.872. The third-order valence-corrected chi connectivity index (χ3v) is 2.60. The van der Waals surface area contributed by atoms with E-state index >= 15 is 0 Å². The molecule has 0 fully saturated rings. The molecule has 1 heterocycles. The molecule has 0 saturated heterocycles. The Morgan fingerprint density at radius 3 is 2.50 bits per heavy atom. The maximum Gasteiger partial charge on any atom is 0.253 e. The van der Waals surface area contributed by atoms with Gasteiger partial charge in [-0.25, -0.2) is 0 Å². The fourth-order valence-corrected chi connectivity index (χ4v) is 1.69. The van der Waals surface area contributed by atoms with Gasteiger partial charge >= 0.3 is 0 Å². The molecular formula is C14H14N2O2. The number of benzene rings is 1. The van der Waals surface area contributed by atoms with E-state index in [2.05, 4.69) is 4.98 Å². The summed E-state index contributed by atoms with van der Waals surface area (Å²) in [7, 11) is 3.42. The van der Waals surface area contributed by atoms with Crippen molar-refractivity contribution in [3.63, 3.8) is 0 Å². The second-order valence-corrected chi connectivity index (χ2v) is 4.21. The molecule has 0 aliphatic heterocycles. The Hall–Kier alpha value is -2.36. The SMILES string of the molecule is CN(C)C(=O)c1cccc(-c2cccc(=O)[nH]2)c1. The van der Waals surface area contributed by atoms with Crippen molar-refractivity contribution in [3.8, 4) is 11.3 Å². The molecule has 1 aromatic heterocycles. The van der Waals surface area contributed by atoms with Gasteiger partial charge in [0.15, 0.2) is 0 Å². The number of nitrogens with zero attached hydrogens (tertiary/aromatic N) is 1. The number of nitrogens with one attached hydrogen (secondary N) is 1. The molecule has 0 aliphatic rings. The zero-order valence-corrected chi connectivity index (χ0v) is 10.3. The van der Waals surface area contributed by atoms with Gasteiger partial charge < -0.3 is 9.88 Å². The average molecular weight is 242 g/mol. The first-order valence-corrected chi connectivity index (χ1v) is 5.59. The van der Waals surface area contributed by atoms with Gasteiger partial charge in [-0.1, -0.05) is 18.2 Å². The van der Waals surface area contributed by atoms with Gasteiger partial charge in [0.2, 0.25) is 5.56 Å². The Balaban J connectivity index is 2.45. The van der Waals surface area contributed by atoms with E-state index < -0.39 is 0 Å². The minimum atomic E-state index is -0.156. The molecule has 2 aromatic rings. The third-order valence-electron chi connectivity index (χ3n) is 2.60. The lowest BCUT2D eigenvalue weighted by Gasteiger charge is -2.11. The lowest BCUT2D eigenvalue weighted by atomic mass is 10.1. The summed E-state index contributed by atoms with van der Waals surface area (Å²) in [5.74, 6) is -0.0601. The van der Waals surface area contributed by atoms with Crippen LogP contribution in [0.4, 0.5) is 0 Å². The molecule has 92 valence electrons. The number of H-pyrrole nitrogens is 1. The molecule has 18 heavy (non-hydrogen) atoms. The average Bonchev–Trinajstić information content (AvgIpc) is 2.38. The van der Waals surface area contributed by atoms with Crippen LogP contribution in [0, 0.1) is 0 Å². The van der Waals surface area contributed by atoms with Crippen LogP contribution in [0.1, 0.15) is 10.4 Å². The Morgan fingerprint density at radius 2 is 1.83 bits per heavy atom. The van der Waals surface area contributed by atoms with Crippen LogP contribution in [-0.4, -0.2) is 29.9 Å². The first-order chi connectivity index (χ1) is 8.58. The molecule has 0 atom stereocenters. The fraction of sp³-hybridized carbons (Fsp3) is 0.143. The minimum absolute atomic E-state index is 0.0601. The third kappa shape index (κ3) is 2.48. The molecule has 0 aliphatic carbocycles. The minimum Gasteiger partial charge on any atom is -0.345 e. The van der Waals surface area contributed by atoms with Gasteiger partial charge in [0.25, 0.3) is 5.91 Å². The highest BCUT2D eigenvalue weighted by Crippen LogP contribution is 2.17. The molecule has 0 unspecified atom stereocenters. The number of hydrogen-bond donors (Lipinski definition) is 1. The Bertz CT molecular complexity index is 629. The summed E-state index contributed by atoms with van der Waals surface area (Å²) in [5, 5.41) is 0. The summed E-state index contributed by atoms with van der Waals surface area (Å²) in [5.41, 5.74) is 1.97. The van der Waals surface area contributed by atoms with Crippen molar-refractivity contribution in [1.82, 2.24) is 9.88 Å². The van der Waals surface area contributed by atoms with Crippen LogP contribution in [0.5, 0.6) is 0 Å². The topological polar surface area (TPSA) is 53.2 Å². The summed E-state index contributed by atoms with van der Waals surface area (Å²) in [6.45, 7) is 0. The summed E-state index contributed by atoms with van der Waals surface area (Å²) < 4.78 is 0. The lowest BCUT2D eigenvalue weighted by Crippen LogP contribution is -2.21. The van der Waals surface area contributed by atoms with E-state index in [0.717, 1.165) is 5.56 Å². The number of hydrogen-bond acceptors (Lipinski definition) is 2. The zero-order valence-electron chi connectivity index (χ0n) is 10.3. The molecule has 1 amide bonds. The summed E-state index contributed by atoms with van der Waals surface area (Å²) in [4.78, 5) is 27.4. The van der Waals surface area contributed by atoms with Crippen molar-refractivity contribution < 1.29 is 4.79 Å². The molecule has 1 N–H and O–H groups in total. The second kappa shape index (κ2) is 4.87. The van der Waals surface area contributed by atoms with Crippen molar-refractivity contribution >= 4 is 5.91 Å². The predicted molar refractivity (Wildman–Crippen MR) is 70.5 cm³/mol. The maximum atomic E-state index is 11.8. The van der Waals surface area contributed by atoms with Gasteiger partial charge in [0, 0.05) is 31.4 Å². The van der Waals surface area contributed by atoms with E-state index in [1.54, 1.807) is 44.4 Å². The zero-order chi connectivity index (χ0) is 13.1. The highest BCUT2D eigenvalue weighted by atomic mass is 16.2. The normalized spacial score (nSPS) is 10.1. The van der Waals surface area contributed by atoms with E-state index in [-0.39, 0.29) is 11.5 Å². The van der Waals surface area contributed by atoms with E-state index in [4.69, 9.17) is 0 Å². The second-order valence-electron chi connectivity index (χ2n) is 4.21. The number of rotatable bonds is 2. The van der Waals surface area contributed by atoms with Crippen molar-refractivity contribution in [3.05, 3.63) is 58.4 Å².